The molecule has 5 rings (SSSR count). The topological polar surface area (TPSA) is 364 Å². The first-order valence-corrected chi connectivity index (χ1v) is 28.6. The van der Waals surface area contributed by atoms with Gasteiger partial charge in [0.05, 0.1) is 42.7 Å². The number of alkyl carbamates (subject to hydrolysis) is 1. The van der Waals surface area contributed by atoms with E-state index in [1.807, 2.05) is 26.0 Å². The fourth-order valence-electron chi connectivity index (χ4n) is 8.07. The minimum Gasteiger partial charge on any atom is -0.494 e. The molecule has 0 atom stereocenters. The van der Waals surface area contributed by atoms with Crippen LogP contribution in [0.2, 0.25) is 0 Å². The molecule has 5 aromatic rings. The van der Waals surface area contributed by atoms with Crippen LogP contribution in [0, 0.1) is 13.8 Å². The Balaban J connectivity index is 0.00000173. The van der Waals surface area contributed by atoms with Gasteiger partial charge in [0.2, 0.25) is 5.95 Å². The van der Waals surface area contributed by atoms with Crippen molar-refractivity contribution >= 4 is 84.1 Å². The van der Waals surface area contributed by atoms with Gasteiger partial charge in [-0.15, -0.1) is 0 Å². The largest absolute Gasteiger partial charge is 0.494 e. The van der Waals surface area contributed by atoms with Gasteiger partial charge in [-0.3, -0.25) is 38.9 Å². The molecule has 3 heterocycles. The molecule has 0 fully saturated rings. The molecule has 9 N–H and O–H groups in total. The third-order valence-corrected chi connectivity index (χ3v) is 11.5. The summed E-state index contributed by atoms with van der Waals surface area (Å²) in [5.41, 5.74) is 16.2. The average Bonchev–Trinajstić information content (AvgIpc) is 1.74. The van der Waals surface area contributed by atoms with Crippen molar-refractivity contribution in [3.05, 3.63) is 94.6 Å². The highest BCUT2D eigenvalue weighted by Crippen LogP contribution is 2.39. The Morgan fingerprint density at radius 2 is 1.28 bits per heavy atom. The van der Waals surface area contributed by atoms with Crippen LogP contribution in [0.15, 0.2) is 70.7 Å². The fraction of sp³-hybridized carbons (Fsp3) is 0.475. The van der Waals surface area contributed by atoms with Gasteiger partial charge in [0, 0.05) is 56.9 Å². The summed E-state index contributed by atoms with van der Waals surface area (Å²) in [6.45, 7) is 28.9. The minimum atomic E-state index is -0.751. The van der Waals surface area contributed by atoms with Gasteiger partial charge in [0.25, 0.3) is 11.8 Å². The van der Waals surface area contributed by atoms with Gasteiger partial charge >= 0.3 is 18.3 Å². The van der Waals surface area contributed by atoms with E-state index in [0.717, 1.165) is 6.34 Å². The van der Waals surface area contributed by atoms with Crippen molar-refractivity contribution < 1.29 is 57.2 Å². The molecular weight excluding hydrogens is 1150 g/mol. The predicted molar refractivity (Wildman–Crippen MR) is 345 cm³/mol. The van der Waals surface area contributed by atoms with Gasteiger partial charge < -0.3 is 65.9 Å². The van der Waals surface area contributed by atoms with Crippen molar-refractivity contribution in [3.63, 3.8) is 0 Å². The number of anilines is 2. The number of nitrogens with zero attached hydrogens (tertiary/aromatic N) is 10. The number of imidazole rings is 1. The molecule has 0 aliphatic heterocycles. The number of aromatic nitrogens is 6. The quantitative estimate of drug-likeness (QED) is 0.00615. The predicted octanol–water partition coefficient (Wildman–Crippen LogP) is 7.90. The smallest absolute Gasteiger partial charge is 0.435 e. The van der Waals surface area contributed by atoms with Crippen LogP contribution < -0.4 is 47.5 Å². The highest BCUT2D eigenvalue weighted by molar-refractivity contribution is 6.03. The second-order valence-corrected chi connectivity index (χ2v) is 22.0. The van der Waals surface area contributed by atoms with Crippen molar-refractivity contribution in [2.24, 2.45) is 27.2 Å². The molecule has 0 aliphatic carbocycles. The lowest BCUT2D eigenvalue weighted by Crippen LogP contribution is -2.39. The Bertz CT molecular complexity index is 3250. The van der Waals surface area contributed by atoms with Crippen LogP contribution in [0.25, 0.3) is 11.0 Å². The number of rotatable bonds is 25. The van der Waals surface area contributed by atoms with E-state index in [1.54, 1.807) is 144 Å². The van der Waals surface area contributed by atoms with Crippen molar-refractivity contribution in [1.82, 2.24) is 44.6 Å². The number of amides is 5. The van der Waals surface area contributed by atoms with Crippen molar-refractivity contribution in [1.29, 1.82) is 0 Å². The van der Waals surface area contributed by atoms with Crippen LogP contribution in [0.3, 0.4) is 0 Å². The number of hydrogen-bond acceptors (Lipinski definition) is 19. The summed E-state index contributed by atoms with van der Waals surface area (Å²) in [5.74, 6) is -0.0888. The molecule has 0 unspecified atom stereocenters. The third-order valence-electron chi connectivity index (χ3n) is 11.5. The molecule has 0 aliphatic rings. The van der Waals surface area contributed by atoms with E-state index in [9.17, 15) is 33.6 Å². The maximum atomic E-state index is 13.9. The molecule has 0 saturated carbocycles. The normalized spacial score (nSPS) is 11.3. The summed E-state index contributed by atoms with van der Waals surface area (Å²) in [6, 6.07) is 9.68. The highest BCUT2D eigenvalue weighted by atomic mass is 16.6. The number of hydrogen-bond donors (Lipinski definition) is 6. The lowest BCUT2D eigenvalue weighted by Gasteiger charge is -2.27. The summed E-state index contributed by atoms with van der Waals surface area (Å²) >= 11 is 0. The Morgan fingerprint density at radius 3 is 1.82 bits per heavy atom. The van der Waals surface area contributed by atoms with E-state index in [2.05, 4.69) is 54.3 Å². The maximum absolute atomic E-state index is 13.9. The number of nitrogens with two attached hydrogens (primary N) is 3. The van der Waals surface area contributed by atoms with Crippen LogP contribution in [-0.4, -0.2) is 167 Å². The first-order chi connectivity index (χ1) is 42.1. The number of carbonyl (C=O) groups excluding carboxylic acids is 7. The molecule has 0 saturated heterocycles. The number of methoxy groups -OCH3 is 1. The van der Waals surface area contributed by atoms with Crippen LogP contribution >= 0.6 is 0 Å². The summed E-state index contributed by atoms with van der Waals surface area (Å²) in [7, 11) is 4.46. The first kappa shape index (κ1) is 75.7. The molecule has 0 spiro atoms. The number of aliphatic imine (C=N–C) groups is 2. The van der Waals surface area contributed by atoms with E-state index in [4.69, 9.17) is 34.4 Å². The molecule has 28 heteroatoms. The second-order valence-electron chi connectivity index (χ2n) is 22.0. The second kappa shape index (κ2) is 36.6. The Labute approximate surface area is 521 Å². The number of nitrogens with one attached hydrogen (secondary N) is 3. The summed E-state index contributed by atoms with van der Waals surface area (Å²) < 4.78 is 32.8. The van der Waals surface area contributed by atoms with Crippen LogP contribution in [-0.2, 0) is 33.8 Å². The lowest BCUT2D eigenvalue weighted by molar-refractivity contribution is 0.0268. The number of ether oxygens (including phenoxy) is 5. The van der Waals surface area contributed by atoms with Gasteiger partial charge in [-0.1, -0.05) is 18.2 Å². The molecule has 5 amide bonds. The number of carbonyl (C=O) groups is 7. The van der Waals surface area contributed by atoms with Gasteiger partial charge in [0.15, 0.2) is 0 Å². The zero-order valence-electron chi connectivity index (χ0n) is 54.4. The van der Waals surface area contributed by atoms with Crippen molar-refractivity contribution in [2.75, 3.05) is 70.9 Å². The number of benzene rings is 2. The monoisotopic (exact) mass is 1240 g/mol. The maximum Gasteiger partial charge on any atom is 0.435 e. The third kappa shape index (κ3) is 25.1. The average molecular weight is 1240 g/mol. The number of aryl methyl sites for hydroxylation is 4. The number of aldehydes is 2. The summed E-state index contributed by atoms with van der Waals surface area (Å²) in [6.07, 6.45) is 8.08. The van der Waals surface area contributed by atoms with Crippen molar-refractivity contribution in [2.45, 2.75) is 133 Å². The number of fused-ring (bicyclic) bond motifs is 1. The summed E-state index contributed by atoms with van der Waals surface area (Å²) in [4.78, 5) is 103. The van der Waals surface area contributed by atoms with E-state index in [0.29, 0.717) is 88.6 Å². The Hall–Kier alpha value is -9.44. The lowest BCUT2D eigenvalue weighted by atomic mass is 10.1. The van der Waals surface area contributed by atoms with Gasteiger partial charge in [-0.05, 0) is 160 Å². The fourth-order valence-corrected chi connectivity index (χ4v) is 8.07. The first-order valence-electron chi connectivity index (χ1n) is 28.6. The molecule has 2 aromatic carbocycles. The summed E-state index contributed by atoms with van der Waals surface area (Å²) in [5, 5.41) is 17.5. The molecule has 3 aromatic heterocycles. The zero-order valence-corrected chi connectivity index (χ0v) is 54.4. The van der Waals surface area contributed by atoms with E-state index in [1.165, 1.54) is 26.1 Å². The zero-order chi connectivity index (χ0) is 67.2. The molecule has 0 radical (unpaired) electrons. The SMILES string of the molecule is C=Nc1cc(C=O)cc(OC)c1N(C/C=C/Cn1c(NC(=O)c2cc(C)nn2CC)nc2cc(C=O)cc(OC/C=C/CN(CCCNC(=O)OC(C)(C)C)C(=O)OC(C)(C)C)c21)CNC(=O)c1cc(C)nn1CC.CC(C)(C)OC(=O)/N=C/N.CN.CN. The van der Waals surface area contributed by atoms with E-state index >= 15 is 0 Å². The Morgan fingerprint density at radius 1 is 0.719 bits per heavy atom. The molecule has 0 bridgehead atoms. The van der Waals surface area contributed by atoms with Gasteiger partial charge in [0.1, 0.15) is 70.1 Å². The van der Waals surface area contributed by atoms with Gasteiger partial charge in [-0.25, -0.2) is 19.4 Å². The standard InChI is InChI=1S/C53H70N12O10.C6H12N2O2.2CH5N/c1-13-64-41(26-35(3)59-64)47(68)56-34-62(45-39(54-11)28-37(32-66)30-43(45)72-12)22-15-16-24-63-46-40(57-49(63)58-48(69)42-27-36(4)60-65(42)14-2)29-38(33-67)31-44(46)73-25-18-17-21-61(51(71)75-53(8,9)10)23-19-20-55-50(70)74-52(5,6)7;1-6(2,3)10-5(9)8-4-7;2*1-2/h15-18,26-33H,11,13-14,19-25,34H2,1-10,12H3,(H,55,70)(H,56,68)(H,57,58,69);4H,1-3H3,(H2,7,8,9);2*2H2,1H3/b16-15+,18-17+;;;. The molecule has 488 valence electrons. The molecule has 28 nitrogen and oxygen atoms in total. The Kier molecular flexibility index (Phi) is 31.2. The van der Waals surface area contributed by atoms with Gasteiger partial charge in [-0.2, -0.15) is 15.2 Å². The van der Waals surface area contributed by atoms with Crippen molar-refractivity contribution in [3.8, 4) is 11.5 Å². The number of allylic oxidation sites excluding steroid dienone is 1. The molecular formula is C61H92N16O12. The van der Waals surface area contributed by atoms with E-state index < -0.39 is 41.0 Å². The minimum absolute atomic E-state index is 0.00112. The molecule has 89 heavy (non-hydrogen) atoms. The highest BCUT2D eigenvalue weighted by Gasteiger charge is 2.25. The van der Waals surface area contributed by atoms with Crippen LogP contribution in [0.5, 0.6) is 11.5 Å². The van der Waals surface area contributed by atoms with Crippen LogP contribution in [0.1, 0.15) is 136 Å². The van der Waals surface area contributed by atoms with E-state index in [-0.39, 0.29) is 69.2 Å². The van der Waals surface area contributed by atoms with Crippen LogP contribution in [0.4, 0.5) is 31.7 Å².